The molecule has 1 heterocycles. The van der Waals surface area contributed by atoms with Gasteiger partial charge in [-0.05, 0) is 42.5 Å². The number of anilines is 1. The molecule has 0 bridgehead atoms. The van der Waals surface area contributed by atoms with Crippen molar-refractivity contribution in [1.82, 2.24) is 4.90 Å². The van der Waals surface area contributed by atoms with Crippen LogP contribution in [0.4, 0.5) is 5.69 Å². The summed E-state index contributed by atoms with van der Waals surface area (Å²) in [6, 6.07) is 5.39. The first-order valence-electron chi connectivity index (χ1n) is 10.5. The number of benzene rings is 1. The first-order chi connectivity index (χ1) is 14.1. The zero-order chi connectivity index (χ0) is 22.1. The summed E-state index contributed by atoms with van der Waals surface area (Å²) in [4.78, 5) is 53.7. The van der Waals surface area contributed by atoms with Crippen LogP contribution < -0.4 is 4.90 Å². The Morgan fingerprint density at radius 3 is 2.23 bits per heavy atom. The van der Waals surface area contributed by atoms with Crippen LogP contribution in [0.2, 0.25) is 0 Å². The Kier molecular flexibility index (Phi) is 6.29. The SMILES string of the molecule is COC(=O)c1ccc(N2C(=O)CC(N(C(=O)CC(C)(C)C)C3CCCC3)C2=O)cc1. The zero-order valence-electron chi connectivity index (χ0n) is 18.1. The Morgan fingerprint density at radius 2 is 1.70 bits per heavy atom. The third-order valence-electron chi connectivity index (χ3n) is 5.69. The fraction of sp³-hybridized carbons (Fsp3) is 0.565. The topological polar surface area (TPSA) is 84.0 Å². The number of ether oxygens (including phenoxy) is 1. The normalized spacial score (nSPS) is 20.0. The van der Waals surface area contributed by atoms with E-state index in [4.69, 9.17) is 0 Å². The van der Waals surface area contributed by atoms with Crippen LogP contribution in [-0.2, 0) is 19.1 Å². The monoisotopic (exact) mass is 414 g/mol. The Hall–Kier alpha value is -2.70. The summed E-state index contributed by atoms with van der Waals surface area (Å²) in [6.07, 6.45) is 4.09. The standard InChI is InChI=1S/C23H30N2O5/c1-23(2,3)14-20(27)24(16-7-5-6-8-16)18-13-19(26)25(21(18)28)17-11-9-15(10-12-17)22(29)30-4/h9-12,16,18H,5-8,13-14H2,1-4H3. The second-order valence-corrected chi connectivity index (χ2v) is 9.30. The minimum Gasteiger partial charge on any atom is -0.465 e. The van der Waals surface area contributed by atoms with Crippen LogP contribution in [0, 0.1) is 5.41 Å². The van der Waals surface area contributed by atoms with Gasteiger partial charge >= 0.3 is 5.97 Å². The third kappa shape index (κ3) is 4.55. The zero-order valence-corrected chi connectivity index (χ0v) is 18.1. The van der Waals surface area contributed by atoms with Gasteiger partial charge < -0.3 is 9.64 Å². The van der Waals surface area contributed by atoms with E-state index in [1.54, 1.807) is 17.0 Å². The predicted molar refractivity (Wildman–Crippen MR) is 112 cm³/mol. The molecule has 1 saturated heterocycles. The average Bonchev–Trinajstić information content (AvgIpc) is 3.29. The molecule has 0 radical (unpaired) electrons. The third-order valence-corrected chi connectivity index (χ3v) is 5.69. The highest BCUT2D eigenvalue weighted by Gasteiger charge is 2.47. The molecule has 2 aliphatic rings. The molecule has 2 fully saturated rings. The van der Waals surface area contributed by atoms with E-state index in [9.17, 15) is 19.2 Å². The number of hydrogen-bond acceptors (Lipinski definition) is 5. The molecule has 1 aromatic rings. The first-order valence-corrected chi connectivity index (χ1v) is 10.5. The number of imide groups is 1. The van der Waals surface area contributed by atoms with E-state index in [1.165, 1.54) is 19.2 Å². The van der Waals surface area contributed by atoms with Gasteiger partial charge in [0.2, 0.25) is 11.8 Å². The van der Waals surface area contributed by atoms with Gasteiger partial charge in [-0.2, -0.15) is 0 Å². The highest BCUT2D eigenvalue weighted by atomic mass is 16.5. The van der Waals surface area contributed by atoms with Crippen molar-refractivity contribution < 1.29 is 23.9 Å². The maximum absolute atomic E-state index is 13.3. The summed E-state index contributed by atoms with van der Waals surface area (Å²) in [7, 11) is 1.29. The summed E-state index contributed by atoms with van der Waals surface area (Å²) in [5, 5.41) is 0. The number of nitrogens with zero attached hydrogens (tertiary/aromatic N) is 2. The number of rotatable bonds is 5. The van der Waals surface area contributed by atoms with Crippen molar-refractivity contribution in [2.24, 2.45) is 5.41 Å². The molecular formula is C23H30N2O5. The molecule has 1 aromatic carbocycles. The number of carbonyl (C=O) groups is 4. The highest BCUT2D eigenvalue weighted by molar-refractivity contribution is 6.23. The van der Waals surface area contributed by atoms with Crippen LogP contribution in [-0.4, -0.2) is 47.8 Å². The Labute approximate surface area is 177 Å². The van der Waals surface area contributed by atoms with Gasteiger partial charge in [-0.15, -0.1) is 0 Å². The number of hydrogen-bond donors (Lipinski definition) is 0. The first kappa shape index (κ1) is 22.0. The van der Waals surface area contributed by atoms with Crippen LogP contribution in [0.15, 0.2) is 24.3 Å². The molecule has 162 valence electrons. The summed E-state index contributed by atoms with van der Waals surface area (Å²) >= 11 is 0. The molecule has 7 nitrogen and oxygen atoms in total. The fourth-order valence-corrected chi connectivity index (χ4v) is 4.33. The lowest BCUT2D eigenvalue weighted by molar-refractivity contribution is -0.142. The van der Waals surface area contributed by atoms with E-state index >= 15 is 0 Å². The molecule has 1 aliphatic heterocycles. The maximum Gasteiger partial charge on any atom is 0.337 e. The molecule has 0 spiro atoms. The Balaban J connectivity index is 1.86. The molecule has 1 unspecified atom stereocenters. The molecule has 30 heavy (non-hydrogen) atoms. The highest BCUT2D eigenvalue weighted by Crippen LogP contribution is 2.33. The summed E-state index contributed by atoms with van der Waals surface area (Å²) in [5.74, 6) is -1.26. The summed E-state index contributed by atoms with van der Waals surface area (Å²) in [6.45, 7) is 5.98. The number of carbonyl (C=O) groups excluding carboxylic acids is 4. The molecule has 7 heteroatoms. The van der Waals surface area contributed by atoms with E-state index in [2.05, 4.69) is 4.74 Å². The smallest absolute Gasteiger partial charge is 0.337 e. The second-order valence-electron chi connectivity index (χ2n) is 9.30. The quantitative estimate of drug-likeness (QED) is 0.545. The van der Waals surface area contributed by atoms with Crippen molar-refractivity contribution in [3.8, 4) is 0 Å². The number of methoxy groups -OCH3 is 1. The minimum atomic E-state index is -0.768. The Morgan fingerprint density at radius 1 is 1.10 bits per heavy atom. The largest absolute Gasteiger partial charge is 0.465 e. The van der Waals surface area contributed by atoms with Crippen LogP contribution in [0.5, 0.6) is 0 Å². The van der Waals surface area contributed by atoms with Gasteiger partial charge in [0.15, 0.2) is 0 Å². The number of amides is 3. The maximum atomic E-state index is 13.3. The van der Waals surface area contributed by atoms with E-state index in [1.807, 2.05) is 20.8 Å². The lowest BCUT2D eigenvalue weighted by Gasteiger charge is -2.35. The van der Waals surface area contributed by atoms with Crippen molar-refractivity contribution in [1.29, 1.82) is 0 Å². The van der Waals surface area contributed by atoms with Crippen LogP contribution >= 0.6 is 0 Å². The lowest BCUT2D eigenvalue weighted by Crippen LogP contribution is -2.50. The molecule has 0 N–H and O–H groups in total. The van der Waals surface area contributed by atoms with E-state index in [-0.39, 0.29) is 35.6 Å². The van der Waals surface area contributed by atoms with Gasteiger partial charge in [-0.1, -0.05) is 33.6 Å². The summed E-state index contributed by atoms with van der Waals surface area (Å²) < 4.78 is 4.68. The predicted octanol–water partition coefficient (Wildman–Crippen LogP) is 3.31. The van der Waals surface area contributed by atoms with Crippen LogP contribution in [0.3, 0.4) is 0 Å². The van der Waals surface area contributed by atoms with Gasteiger partial charge in [-0.25, -0.2) is 9.69 Å². The molecule has 3 rings (SSSR count). The number of esters is 1. The molecule has 1 saturated carbocycles. The summed E-state index contributed by atoms with van der Waals surface area (Å²) in [5.41, 5.74) is 0.530. The van der Waals surface area contributed by atoms with Crippen LogP contribution in [0.25, 0.3) is 0 Å². The van der Waals surface area contributed by atoms with Crippen molar-refractivity contribution in [3.05, 3.63) is 29.8 Å². The van der Waals surface area contributed by atoms with Crippen molar-refractivity contribution in [2.45, 2.75) is 71.4 Å². The lowest BCUT2D eigenvalue weighted by atomic mass is 9.90. The van der Waals surface area contributed by atoms with Crippen molar-refractivity contribution >= 4 is 29.4 Å². The van der Waals surface area contributed by atoms with Gasteiger partial charge in [-0.3, -0.25) is 14.4 Å². The second kappa shape index (κ2) is 8.58. The van der Waals surface area contributed by atoms with E-state index in [0.717, 1.165) is 30.6 Å². The molecular weight excluding hydrogens is 384 g/mol. The molecule has 3 amide bonds. The van der Waals surface area contributed by atoms with Crippen molar-refractivity contribution in [3.63, 3.8) is 0 Å². The molecule has 0 aromatic heterocycles. The fourth-order valence-electron chi connectivity index (χ4n) is 4.33. The van der Waals surface area contributed by atoms with Gasteiger partial charge in [0.25, 0.3) is 5.91 Å². The van der Waals surface area contributed by atoms with Gasteiger partial charge in [0.1, 0.15) is 6.04 Å². The van der Waals surface area contributed by atoms with E-state index < -0.39 is 12.0 Å². The van der Waals surface area contributed by atoms with Crippen molar-refractivity contribution in [2.75, 3.05) is 12.0 Å². The minimum absolute atomic E-state index is 0.00301. The molecule has 1 aliphatic carbocycles. The van der Waals surface area contributed by atoms with Gasteiger partial charge in [0.05, 0.1) is 24.8 Å². The van der Waals surface area contributed by atoms with E-state index in [0.29, 0.717) is 17.7 Å². The average molecular weight is 415 g/mol. The van der Waals surface area contributed by atoms with Gasteiger partial charge in [0, 0.05) is 12.5 Å². The molecule has 1 atom stereocenters. The Bertz CT molecular complexity index is 834. The van der Waals surface area contributed by atoms with Crippen LogP contribution in [0.1, 0.15) is 69.7 Å².